The fourth-order valence-electron chi connectivity index (χ4n) is 1.73. The Morgan fingerprint density at radius 1 is 1.00 bits per heavy atom. The lowest BCUT2D eigenvalue weighted by Crippen LogP contribution is -2.35. The SMILES string of the molecule is Cc1ccc(NC(=O)CNC(=O)Nc2ccccc2)cc1Br. The number of halogens is 1. The molecule has 0 heterocycles. The van der Waals surface area contributed by atoms with Crippen LogP contribution >= 0.6 is 15.9 Å². The third-order valence-corrected chi connectivity index (χ3v) is 3.75. The van der Waals surface area contributed by atoms with Crippen LogP contribution in [0.5, 0.6) is 0 Å². The molecule has 0 radical (unpaired) electrons. The normalized spacial score (nSPS) is 9.91. The summed E-state index contributed by atoms with van der Waals surface area (Å²) in [5.74, 6) is -0.293. The number of rotatable bonds is 4. The number of carbonyl (C=O) groups is 2. The van der Waals surface area contributed by atoms with E-state index in [1.807, 2.05) is 43.3 Å². The Hall–Kier alpha value is -2.34. The number of nitrogens with one attached hydrogen (secondary N) is 3. The molecule has 0 spiro atoms. The van der Waals surface area contributed by atoms with Gasteiger partial charge in [-0.25, -0.2) is 4.79 Å². The zero-order chi connectivity index (χ0) is 15.9. The average Bonchev–Trinajstić information content (AvgIpc) is 2.50. The summed E-state index contributed by atoms with van der Waals surface area (Å²) in [5.41, 5.74) is 2.42. The maximum Gasteiger partial charge on any atom is 0.319 e. The summed E-state index contributed by atoms with van der Waals surface area (Å²) in [6.45, 7) is 1.86. The molecule has 0 aliphatic heterocycles. The van der Waals surface area contributed by atoms with Crippen LogP contribution < -0.4 is 16.0 Å². The van der Waals surface area contributed by atoms with E-state index in [-0.39, 0.29) is 12.5 Å². The Labute approximate surface area is 137 Å². The number of urea groups is 1. The lowest BCUT2D eigenvalue weighted by atomic mass is 10.2. The van der Waals surface area contributed by atoms with Crippen LogP contribution in [-0.2, 0) is 4.79 Å². The lowest BCUT2D eigenvalue weighted by molar-refractivity contribution is -0.115. The molecule has 3 amide bonds. The van der Waals surface area contributed by atoms with Gasteiger partial charge in [0.05, 0.1) is 6.54 Å². The molecule has 0 aromatic heterocycles. The minimum Gasteiger partial charge on any atom is -0.329 e. The third kappa shape index (κ3) is 4.89. The van der Waals surface area contributed by atoms with E-state index < -0.39 is 6.03 Å². The van der Waals surface area contributed by atoms with Gasteiger partial charge < -0.3 is 16.0 Å². The second-order valence-corrected chi connectivity index (χ2v) is 5.54. The molecule has 22 heavy (non-hydrogen) atoms. The predicted molar refractivity (Wildman–Crippen MR) is 91.0 cm³/mol. The maximum atomic E-state index is 11.8. The summed E-state index contributed by atoms with van der Waals surface area (Å²) in [7, 11) is 0. The molecule has 0 fully saturated rings. The maximum absolute atomic E-state index is 11.8. The molecule has 2 aromatic rings. The first-order valence-corrected chi connectivity index (χ1v) is 7.50. The van der Waals surface area contributed by atoms with Gasteiger partial charge in [-0.1, -0.05) is 40.2 Å². The topological polar surface area (TPSA) is 70.2 Å². The fraction of sp³-hybridized carbons (Fsp3) is 0.125. The number of amides is 3. The Morgan fingerprint density at radius 3 is 2.41 bits per heavy atom. The highest BCUT2D eigenvalue weighted by Crippen LogP contribution is 2.20. The van der Waals surface area contributed by atoms with Crippen molar-refractivity contribution in [3.63, 3.8) is 0 Å². The van der Waals surface area contributed by atoms with Crippen molar-refractivity contribution in [3.05, 3.63) is 58.6 Å². The molecule has 0 bridgehead atoms. The van der Waals surface area contributed by atoms with Crippen LogP contribution in [-0.4, -0.2) is 18.5 Å². The fourth-order valence-corrected chi connectivity index (χ4v) is 2.11. The van der Waals surface area contributed by atoms with Crippen LogP contribution in [0.25, 0.3) is 0 Å². The molecule has 0 saturated heterocycles. The summed E-state index contributed by atoms with van der Waals surface area (Å²) in [4.78, 5) is 23.5. The van der Waals surface area contributed by atoms with E-state index in [1.165, 1.54) is 0 Å². The highest BCUT2D eigenvalue weighted by Gasteiger charge is 2.06. The average molecular weight is 362 g/mol. The van der Waals surface area contributed by atoms with Crippen molar-refractivity contribution in [3.8, 4) is 0 Å². The zero-order valence-corrected chi connectivity index (χ0v) is 13.6. The Kier molecular flexibility index (Phi) is 5.55. The summed E-state index contributed by atoms with van der Waals surface area (Å²) < 4.78 is 0.917. The van der Waals surface area contributed by atoms with Gasteiger partial charge in [-0.2, -0.15) is 0 Å². The van der Waals surface area contributed by atoms with Crippen molar-refractivity contribution >= 4 is 39.2 Å². The van der Waals surface area contributed by atoms with Crippen molar-refractivity contribution < 1.29 is 9.59 Å². The minimum atomic E-state index is -0.425. The number of benzene rings is 2. The van der Waals surface area contributed by atoms with Gasteiger partial charge in [0, 0.05) is 15.8 Å². The first-order valence-electron chi connectivity index (χ1n) is 6.70. The Morgan fingerprint density at radius 2 is 1.73 bits per heavy atom. The number of hydrogen-bond donors (Lipinski definition) is 3. The number of carbonyl (C=O) groups excluding carboxylic acids is 2. The monoisotopic (exact) mass is 361 g/mol. The molecule has 3 N–H and O–H groups in total. The number of aryl methyl sites for hydroxylation is 1. The van der Waals surface area contributed by atoms with E-state index in [9.17, 15) is 9.59 Å². The van der Waals surface area contributed by atoms with Crippen molar-refractivity contribution in [1.82, 2.24) is 5.32 Å². The summed E-state index contributed by atoms with van der Waals surface area (Å²) in [6, 6.07) is 14.1. The molecular weight excluding hydrogens is 346 g/mol. The molecule has 0 saturated carbocycles. The van der Waals surface area contributed by atoms with Gasteiger partial charge in [0.15, 0.2) is 0 Å². The van der Waals surface area contributed by atoms with Crippen LogP contribution in [0.4, 0.5) is 16.2 Å². The largest absolute Gasteiger partial charge is 0.329 e. The standard InChI is InChI=1S/C16H16BrN3O2/c1-11-7-8-13(9-14(11)17)19-15(21)10-18-16(22)20-12-5-3-2-4-6-12/h2-9H,10H2,1H3,(H,19,21)(H2,18,20,22). The van der Waals surface area contributed by atoms with Gasteiger partial charge in [-0.3, -0.25) is 4.79 Å². The van der Waals surface area contributed by atoms with Crippen molar-refractivity contribution in [2.24, 2.45) is 0 Å². The first kappa shape index (κ1) is 16.0. The summed E-state index contributed by atoms with van der Waals surface area (Å²) in [6.07, 6.45) is 0. The Balaban J connectivity index is 1.80. The highest BCUT2D eigenvalue weighted by atomic mass is 79.9. The molecule has 0 atom stereocenters. The van der Waals surface area contributed by atoms with Gasteiger partial charge in [0.25, 0.3) is 0 Å². The number of para-hydroxylation sites is 1. The molecule has 0 unspecified atom stereocenters. The van der Waals surface area contributed by atoms with Crippen LogP contribution in [0.15, 0.2) is 53.0 Å². The third-order valence-electron chi connectivity index (χ3n) is 2.90. The van der Waals surface area contributed by atoms with Gasteiger partial charge in [0.1, 0.15) is 0 Å². The van der Waals surface area contributed by atoms with E-state index in [4.69, 9.17) is 0 Å². The predicted octanol–water partition coefficient (Wildman–Crippen LogP) is 3.52. The smallest absolute Gasteiger partial charge is 0.319 e. The van der Waals surface area contributed by atoms with Gasteiger partial charge in [-0.05, 0) is 36.8 Å². The highest BCUT2D eigenvalue weighted by molar-refractivity contribution is 9.10. The first-order chi connectivity index (χ1) is 10.5. The van der Waals surface area contributed by atoms with E-state index in [1.54, 1.807) is 12.1 Å². The molecule has 114 valence electrons. The number of hydrogen-bond acceptors (Lipinski definition) is 2. The van der Waals surface area contributed by atoms with E-state index in [0.717, 1.165) is 10.0 Å². The van der Waals surface area contributed by atoms with Crippen molar-refractivity contribution in [2.45, 2.75) is 6.92 Å². The van der Waals surface area contributed by atoms with E-state index in [0.29, 0.717) is 11.4 Å². The molecule has 2 aromatic carbocycles. The number of anilines is 2. The molecule has 0 aliphatic rings. The van der Waals surface area contributed by atoms with Gasteiger partial charge in [-0.15, -0.1) is 0 Å². The molecule has 2 rings (SSSR count). The van der Waals surface area contributed by atoms with E-state index in [2.05, 4.69) is 31.9 Å². The second kappa shape index (κ2) is 7.61. The molecule has 6 heteroatoms. The van der Waals surface area contributed by atoms with Gasteiger partial charge in [0.2, 0.25) is 5.91 Å². The lowest BCUT2D eigenvalue weighted by Gasteiger charge is -2.09. The van der Waals surface area contributed by atoms with E-state index >= 15 is 0 Å². The molecule has 5 nitrogen and oxygen atoms in total. The van der Waals surface area contributed by atoms with Crippen LogP contribution in [0, 0.1) is 6.92 Å². The zero-order valence-electron chi connectivity index (χ0n) is 12.0. The van der Waals surface area contributed by atoms with Crippen LogP contribution in [0.3, 0.4) is 0 Å². The molecular formula is C16H16BrN3O2. The second-order valence-electron chi connectivity index (χ2n) is 4.69. The van der Waals surface area contributed by atoms with Crippen molar-refractivity contribution in [2.75, 3.05) is 17.2 Å². The summed E-state index contributed by atoms with van der Waals surface area (Å²) >= 11 is 3.40. The van der Waals surface area contributed by atoms with Crippen LogP contribution in [0.1, 0.15) is 5.56 Å². The minimum absolute atomic E-state index is 0.107. The van der Waals surface area contributed by atoms with Crippen molar-refractivity contribution in [1.29, 1.82) is 0 Å². The Bertz CT molecular complexity index is 674. The molecule has 0 aliphatic carbocycles. The van der Waals surface area contributed by atoms with Crippen LogP contribution in [0.2, 0.25) is 0 Å². The quantitative estimate of drug-likeness (QED) is 0.779. The van der Waals surface area contributed by atoms with Gasteiger partial charge >= 0.3 is 6.03 Å². The summed E-state index contributed by atoms with van der Waals surface area (Å²) in [5, 5.41) is 7.86.